The summed E-state index contributed by atoms with van der Waals surface area (Å²) >= 11 is 1.29. The van der Waals surface area contributed by atoms with E-state index < -0.39 is 5.97 Å². The second-order valence-corrected chi connectivity index (χ2v) is 6.59. The number of hydrogen-bond donors (Lipinski definition) is 2. The zero-order chi connectivity index (χ0) is 14.9. The Balaban J connectivity index is 2.17. The predicted molar refractivity (Wildman–Crippen MR) is 81.6 cm³/mol. The van der Waals surface area contributed by atoms with Crippen LogP contribution in [0.15, 0.2) is 0 Å². The lowest BCUT2D eigenvalue weighted by atomic mass is 9.92. The van der Waals surface area contributed by atoms with E-state index in [1.165, 1.54) is 31.3 Å². The van der Waals surface area contributed by atoms with Crippen LogP contribution >= 0.6 is 11.3 Å². The van der Waals surface area contributed by atoms with Crippen LogP contribution in [-0.4, -0.2) is 26.7 Å². The number of carbonyl (C=O) groups is 1. The molecule has 20 heavy (non-hydrogen) atoms. The summed E-state index contributed by atoms with van der Waals surface area (Å²) in [6.07, 6.45) is 2.48. The van der Waals surface area contributed by atoms with E-state index in [9.17, 15) is 4.79 Å². The first-order chi connectivity index (χ1) is 9.45. The Kier molecular flexibility index (Phi) is 4.13. The first kappa shape index (κ1) is 15.0. The van der Waals surface area contributed by atoms with Crippen LogP contribution in [0.25, 0.3) is 0 Å². The molecule has 1 aromatic rings. The van der Waals surface area contributed by atoms with Gasteiger partial charge in [0.25, 0.3) is 0 Å². The molecule has 0 spiro atoms. The summed E-state index contributed by atoms with van der Waals surface area (Å²) in [5.41, 5.74) is 6.67. The van der Waals surface area contributed by atoms with E-state index in [0.29, 0.717) is 27.6 Å². The van der Waals surface area contributed by atoms with E-state index in [1.807, 2.05) is 0 Å². The number of nitrogen functional groups attached to an aromatic ring is 1. The minimum atomic E-state index is -0.427. The SMILES string of the molecule is COC(=O)c1sc(NCC2(C(C)C)CC2)c(OC)c1N. The third-order valence-corrected chi connectivity index (χ3v) is 5.32. The lowest BCUT2D eigenvalue weighted by Crippen LogP contribution is -2.20. The maximum Gasteiger partial charge on any atom is 0.350 e. The van der Waals surface area contributed by atoms with E-state index in [4.69, 9.17) is 15.2 Å². The fourth-order valence-corrected chi connectivity index (χ4v) is 3.37. The van der Waals surface area contributed by atoms with Crippen LogP contribution in [0.5, 0.6) is 5.75 Å². The Hall–Kier alpha value is -1.43. The highest BCUT2D eigenvalue weighted by atomic mass is 32.1. The first-order valence-electron chi connectivity index (χ1n) is 6.73. The molecule has 0 aromatic carbocycles. The molecule has 2 rings (SSSR count). The number of ether oxygens (including phenoxy) is 2. The van der Waals surface area contributed by atoms with Gasteiger partial charge in [0.2, 0.25) is 0 Å². The van der Waals surface area contributed by atoms with Crippen molar-refractivity contribution in [3.05, 3.63) is 4.88 Å². The molecule has 0 saturated heterocycles. The second-order valence-electron chi connectivity index (χ2n) is 5.57. The lowest BCUT2D eigenvalue weighted by molar-refractivity contribution is 0.0607. The van der Waals surface area contributed by atoms with Crippen molar-refractivity contribution in [1.29, 1.82) is 0 Å². The first-order valence-corrected chi connectivity index (χ1v) is 7.55. The van der Waals surface area contributed by atoms with Crippen molar-refractivity contribution in [1.82, 2.24) is 0 Å². The Morgan fingerprint density at radius 1 is 1.45 bits per heavy atom. The molecule has 0 bridgehead atoms. The molecule has 1 aromatic heterocycles. The number of nitrogens with one attached hydrogen (secondary N) is 1. The van der Waals surface area contributed by atoms with Gasteiger partial charge in [0.05, 0.1) is 14.2 Å². The Morgan fingerprint density at radius 3 is 2.55 bits per heavy atom. The van der Waals surface area contributed by atoms with Crippen molar-refractivity contribution in [2.75, 3.05) is 31.8 Å². The van der Waals surface area contributed by atoms with Crippen LogP contribution < -0.4 is 15.8 Å². The van der Waals surface area contributed by atoms with Gasteiger partial charge in [-0.1, -0.05) is 13.8 Å². The van der Waals surface area contributed by atoms with Gasteiger partial charge in [0.15, 0.2) is 5.75 Å². The molecule has 0 unspecified atom stereocenters. The molecule has 6 heteroatoms. The smallest absolute Gasteiger partial charge is 0.350 e. The van der Waals surface area contributed by atoms with E-state index in [0.717, 1.165) is 11.5 Å². The molecule has 0 amide bonds. The van der Waals surface area contributed by atoms with Gasteiger partial charge in [-0.25, -0.2) is 4.79 Å². The number of thiophene rings is 1. The monoisotopic (exact) mass is 298 g/mol. The summed E-state index contributed by atoms with van der Waals surface area (Å²) in [6.45, 7) is 5.37. The average molecular weight is 298 g/mol. The molecular weight excluding hydrogens is 276 g/mol. The van der Waals surface area contributed by atoms with Crippen LogP contribution in [0.4, 0.5) is 10.7 Å². The average Bonchev–Trinajstić information content (AvgIpc) is 3.15. The maximum atomic E-state index is 11.7. The summed E-state index contributed by atoms with van der Waals surface area (Å²) in [6, 6.07) is 0. The minimum Gasteiger partial charge on any atom is -0.492 e. The van der Waals surface area contributed by atoms with Crippen LogP contribution in [0, 0.1) is 11.3 Å². The fraction of sp³-hybridized carbons (Fsp3) is 0.643. The normalized spacial score (nSPS) is 16.1. The summed E-state index contributed by atoms with van der Waals surface area (Å²) in [5.74, 6) is 0.747. The summed E-state index contributed by atoms with van der Waals surface area (Å²) < 4.78 is 10.0. The highest BCUT2D eigenvalue weighted by molar-refractivity contribution is 7.19. The topological polar surface area (TPSA) is 73.6 Å². The number of esters is 1. The van der Waals surface area contributed by atoms with Gasteiger partial charge < -0.3 is 20.5 Å². The molecule has 5 nitrogen and oxygen atoms in total. The summed E-state index contributed by atoms with van der Waals surface area (Å²) in [7, 11) is 2.90. The van der Waals surface area contributed by atoms with Gasteiger partial charge in [0, 0.05) is 6.54 Å². The van der Waals surface area contributed by atoms with Gasteiger partial charge in [-0.15, -0.1) is 11.3 Å². The molecule has 1 aliphatic carbocycles. The van der Waals surface area contributed by atoms with Crippen molar-refractivity contribution >= 4 is 28.0 Å². The largest absolute Gasteiger partial charge is 0.492 e. The van der Waals surface area contributed by atoms with Gasteiger partial charge in [-0.05, 0) is 24.2 Å². The van der Waals surface area contributed by atoms with E-state index >= 15 is 0 Å². The minimum absolute atomic E-state index is 0.348. The Morgan fingerprint density at radius 2 is 2.10 bits per heavy atom. The Bertz CT molecular complexity index is 507. The van der Waals surface area contributed by atoms with Gasteiger partial charge >= 0.3 is 5.97 Å². The summed E-state index contributed by atoms with van der Waals surface area (Å²) in [4.78, 5) is 12.1. The highest BCUT2D eigenvalue weighted by Crippen LogP contribution is 2.52. The number of anilines is 2. The van der Waals surface area contributed by atoms with Crippen molar-refractivity contribution in [3.8, 4) is 5.75 Å². The predicted octanol–water partition coefficient (Wildman–Crippen LogP) is 2.97. The molecule has 112 valence electrons. The quantitative estimate of drug-likeness (QED) is 0.790. The van der Waals surface area contributed by atoms with Crippen molar-refractivity contribution in [2.45, 2.75) is 26.7 Å². The molecule has 1 fully saturated rings. The van der Waals surface area contributed by atoms with Gasteiger partial charge in [0.1, 0.15) is 15.6 Å². The molecule has 1 saturated carbocycles. The molecule has 0 radical (unpaired) electrons. The molecule has 0 atom stereocenters. The molecule has 3 N–H and O–H groups in total. The third kappa shape index (κ3) is 2.57. The molecule has 1 heterocycles. The zero-order valence-electron chi connectivity index (χ0n) is 12.4. The van der Waals surface area contributed by atoms with E-state index in [2.05, 4.69) is 19.2 Å². The van der Waals surface area contributed by atoms with Gasteiger partial charge in [-0.3, -0.25) is 0 Å². The highest BCUT2D eigenvalue weighted by Gasteiger charge is 2.45. The number of rotatable bonds is 6. The van der Waals surface area contributed by atoms with Crippen molar-refractivity contribution in [3.63, 3.8) is 0 Å². The van der Waals surface area contributed by atoms with Crippen LogP contribution in [0.3, 0.4) is 0 Å². The second kappa shape index (κ2) is 5.52. The number of hydrogen-bond acceptors (Lipinski definition) is 6. The zero-order valence-corrected chi connectivity index (χ0v) is 13.2. The van der Waals surface area contributed by atoms with Crippen LogP contribution in [0.1, 0.15) is 36.4 Å². The van der Waals surface area contributed by atoms with Crippen molar-refractivity contribution < 1.29 is 14.3 Å². The Labute approximate surface area is 123 Å². The van der Waals surface area contributed by atoms with Crippen molar-refractivity contribution in [2.24, 2.45) is 11.3 Å². The maximum absolute atomic E-state index is 11.7. The summed E-state index contributed by atoms with van der Waals surface area (Å²) in [5, 5.41) is 4.20. The number of methoxy groups -OCH3 is 2. The number of carbonyl (C=O) groups excluding carboxylic acids is 1. The third-order valence-electron chi connectivity index (χ3n) is 4.19. The lowest BCUT2D eigenvalue weighted by Gasteiger charge is -2.20. The molecule has 1 aliphatic rings. The molecular formula is C14H22N2O3S. The fourth-order valence-electron chi connectivity index (χ4n) is 2.37. The van der Waals surface area contributed by atoms with Gasteiger partial charge in [-0.2, -0.15) is 0 Å². The number of nitrogens with two attached hydrogens (primary N) is 1. The van der Waals surface area contributed by atoms with Crippen LogP contribution in [-0.2, 0) is 4.74 Å². The van der Waals surface area contributed by atoms with Crippen LogP contribution in [0.2, 0.25) is 0 Å². The molecule has 0 aliphatic heterocycles. The standard InChI is InChI=1S/C14H22N2O3S/c1-8(2)14(5-6-14)7-16-12-10(18-3)9(15)11(20-12)13(17)19-4/h8,16H,5-7,15H2,1-4H3. The van der Waals surface area contributed by atoms with E-state index in [1.54, 1.807) is 7.11 Å². The van der Waals surface area contributed by atoms with E-state index in [-0.39, 0.29) is 0 Å².